The third kappa shape index (κ3) is 39.5. The molecule has 32 N–H and O–H groups in total. The van der Waals surface area contributed by atoms with Gasteiger partial charge in [0.25, 0.3) is 0 Å². The number of carboxylic acid groups (broad SMARTS) is 5. The highest BCUT2D eigenvalue weighted by Gasteiger charge is 2.47. The van der Waals surface area contributed by atoms with Gasteiger partial charge in [-0.1, -0.05) is 12.1 Å². The second-order valence-corrected chi connectivity index (χ2v) is 36.4. The highest BCUT2D eigenvalue weighted by Crippen LogP contribution is 2.26. The molecule has 0 saturated carbocycles. The Kier molecular flexibility index (Phi) is 50.7. The van der Waals surface area contributed by atoms with Crippen molar-refractivity contribution in [3.05, 3.63) is 29.8 Å². The Morgan fingerprint density at radius 3 is 1.16 bits per heavy atom. The van der Waals surface area contributed by atoms with Crippen molar-refractivity contribution >= 4 is 160 Å². The molecule has 5 rings (SSSR count). The number of carboxylic acids is 5. The summed E-state index contributed by atoms with van der Waals surface area (Å²) >= 11 is 1.23. The van der Waals surface area contributed by atoms with Gasteiger partial charge in [-0.3, -0.25) is 115 Å². The molecule has 4 fully saturated rings. The van der Waals surface area contributed by atoms with Crippen LogP contribution in [0.3, 0.4) is 0 Å². The summed E-state index contributed by atoms with van der Waals surface area (Å²) in [6.45, 7) is 1.05. The summed E-state index contributed by atoms with van der Waals surface area (Å²) in [5, 5.41) is 112. The van der Waals surface area contributed by atoms with E-state index in [4.69, 9.17) is 28.7 Å². The molecule has 4 aliphatic rings. The predicted molar refractivity (Wildman–Crippen MR) is 504 cm³/mol. The van der Waals surface area contributed by atoms with E-state index in [9.17, 15) is 161 Å². The van der Waals surface area contributed by atoms with Gasteiger partial charge in [0.05, 0.1) is 44.6 Å². The molecule has 145 heavy (non-hydrogen) atoms. The summed E-state index contributed by atoms with van der Waals surface area (Å²) in [6, 6.07) is -23.5. The summed E-state index contributed by atoms with van der Waals surface area (Å²) in [4.78, 5) is 341. The van der Waals surface area contributed by atoms with E-state index >= 15 is 0 Å². The first kappa shape index (κ1) is 121. The Morgan fingerprint density at radius 1 is 0.386 bits per heavy atom. The highest BCUT2D eigenvalue weighted by molar-refractivity contribution is 7.98. The van der Waals surface area contributed by atoms with Crippen molar-refractivity contribution in [3.8, 4) is 5.75 Å². The number of thioether (sulfide) groups is 1. The Bertz CT molecular complexity index is 4810. The molecular weight excluding hydrogens is 1940 g/mol. The van der Waals surface area contributed by atoms with Crippen LogP contribution in [-0.2, 0) is 126 Å². The zero-order valence-corrected chi connectivity index (χ0v) is 81.5. The van der Waals surface area contributed by atoms with Crippen LogP contribution >= 0.6 is 11.8 Å². The van der Waals surface area contributed by atoms with Crippen LogP contribution in [-0.4, -0.2) is 388 Å². The van der Waals surface area contributed by atoms with E-state index < -0.39 is 334 Å². The van der Waals surface area contributed by atoms with E-state index in [2.05, 4.69) is 69.1 Å². The van der Waals surface area contributed by atoms with E-state index in [1.807, 2.05) is 5.32 Å². The van der Waals surface area contributed by atoms with Crippen LogP contribution in [0.15, 0.2) is 24.3 Å². The third-order valence-corrected chi connectivity index (χ3v) is 24.8. The number of rotatable bonds is 63. The first-order chi connectivity index (χ1) is 68.4. The maximum atomic E-state index is 14.7. The van der Waals surface area contributed by atoms with Crippen molar-refractivity contribution in [2.75, 3.05) is 64.4 Å². The lowest BCUT2D eigenvalue weighted by Gasteiger charge is -2.32. The monoisotopic (exact) mass is 2070 g/mol. The number of nitrogens with two attached hydrogens (primary N) is 5. The number of aromatic hydroxyl groups is 1. The maximum absolute atomic E-state index is 14.7. The zero-order valence-electron chi connectivity index (χ0n) is 80.7. The number of benzene rings is 1. The summed E-state index contributed by atoms with van der Waals surface area (Å²) in [7, 11) is 0. The van der Waals surface area contributed by atoms with Crippen molar-refractivity contribution in [1.82, 2.24) is 94.0 Å². The van der Waals surface area contributed by atoms with Gasteiger partial charge in [-0.25, -0.2) is 4.79 Å². The van der Waals surface area contributed by atoms with Crippen LogP contribution in [0.5, 0.6) is 5.75 Å². The topological polar surface area (TPSA) is 900 Å². The Morgan fingerprint density at radius 2 is 0.738 bits per heavy atom. The van der Waals surface area contributed by atoms with Crippen LogP contribution in [0, 0.1) is 0 Å². The lowest BCUT2D eigenvalue weighted by Crippen LogP contribution is -2.61. The molecule has 19 atom stereocenters. The second-order valence-electron chi connectivity index (χ2n) is 35.4. The van der Waals surface area contributed by atoms with E-state index in [1.165, 1.54) is 42.6 Å². The molecule has 4 saturated heterocycles. The smallest absolute Gasteiger partial charge is 0.326 e. The van der Waals surface area contributed by atoms with E-state index in [0.717, 1.165) is 21.6 Å². The average molecular weight is 2080 g/mol. The predicted octanol–water partition coefficient (Wildman–Crippen LogP) is -11.0. The lowest BCUT2D eigenvalue weighted by molar-refractivity contribution is -0.144. The van der Waals surface area contributed by atoms with Gasteiger partial charge in [-0.05, 0) is 186 Å². The molecule has 57 heteroatoms. The molecule has 0 spiro atoms. The number of hydrogen-bond donors (Lipinski definition) is 27. The summed E-state index contributed by atoms with van der Waals surface area (Å²) in [6.07, 6.45) is -6.05. The SMILES string of the molecule is CSCC[C@H](NC(=O)[C@H](CCC(=O)O)NC(=O)[C@H](CCC(=O)O)NC(=O)[C@@H]1CCCN1C(=O)[C@H](CO)NC(=O)[C@H](C)NC(=O)[C@H](CC(=O)O)NC(=O)[C@H](CC(N)=O)NC(=O)CNC(=O)[C@@H]1CCCN1C(=O)[C@H](CC(N)=O)NC(=O)[C@H](CCC(=O)O)NC(=O)[C@@H]1CCCN1C(=O)[C@H](CCCCN)NC(=O)[C@@H](NC(=O)[C@@H]1CCCN1C(=O)[C@@H](N)Cc1ccc(O)cc1)[C@@H](C)O)C(=O)N[C@@H](C)C(=O)N[C@@H](CCCCN)C(=O)O. The number of aliphatic carboxylic acids is 5. The molecule has 4 heterocycles. The summed E-state index contributed by atoms with van der Waals surface area (Å²) in [5.74, 6) is -29.7. The molecule has 56 nitrogen and oxygen atoms in total. The molecule has 806 valence electrons. The Hall–Kier alpha value is -14.1. The molecule has 0 bridgehead atoms. The number of hydrogen-bond acceptors (Lipinski definition) is 32. The number of likely N-dealkylation sites (tertiary alicyclic amines) is 4. The standard InChI is InChI=1S/C88H135N23O33S/c1-43(71(126)103-54(88(143)144)14-6-8-31-90)95-73(128)52(29-36-145-4)99-74(129)49(23-26-66(118)119)98-75(130)50(24-27-67(120)121)100-81(136)61-17-12-35-111(61)87(142)58(42-112)106-72(127)44(2)96-77(132)56(40-69(124)125)104-78(133)55(38-63(92)115)97-65(117)41-94-79(134)59-15-9-33-109(59)86(141)57(39-64(93)116)105-76(131)51(25-28-68(122)123)101-80(135)60-16-11-34-110(60)85(140)53(13-5-7-30-89)102-83(138)70(45(3)113)107-82(137)62-18-10-32-108(62)84(139)48(91)37-46-19-21-47(114)22-20-46/h19-22,43-45,48-62,70,112-114H,5-18,23-42,89-91H2,1-4H3,(H2,92,115)(H2,93,116)(H,94,134)(H,95,128)(H,96,132)(H,97,117)(H,98,130)(H,99,129)(H,100,136)(H,101,135)(H,102,138)(H,103,126)(H,104,133)(H,105,131)(H,106,127)(H,107,137)(H,118,119)(H,120,121)(H,122,123)(H,124,125)(H,143,144)/t43-,44-,45+,48-,49-,50-,51-,52-,53-,54-,55-,56-,57-,58-,59-,60-,61-,62-,70-/m0/s1. The minimum Gasteiger partial charge on any atom is -0.508 e. The number of phenolic OH excluding ortho intramolecular Hbond substituents is 1. The zero-order chi connectivity index (χ0) is 108. The molecule has 4 aliphatic heterocycles. The minimum atomic E-state index is -2.18. The third-order valence-electron chi connectivity index (χ3n) is 24.1. The molecule has 1 aromatic rings. The highest BCUT2D eigenvalue weighted by atomic mass is 32.2. The van der Waals surface area contributed by atoms with Gasteiger partial charge < -0.3 is 164 Å². The van der Waals surface area contributed by atoms with Gasteiger partial charge in [0.2, 0.25) is 118 Å². The van der Waals surface area contributed by atoms with E-state index in [1.54, 1.807) is 18.4 Å². The van der Waals surface area contributed by atoms with Crippen molar-refractivity contribution in [2.45, 2.75) is 296 Å². The number of aliphatic hydroxyl groups is 2. The first-order valence-electron chi connectivity index (χ1n) is 47.3. The van der Waals surface area contributed by atoms with E-state index in [-0.39, 0.29) is 128 Å². The number of primary amides is 2. The fourth-order valence-corrected chi connectivity index (χ4v) is 16.9. The van der Waals surface area contributed by atoms with Crippen molar-refractivity contribution < 1.29 is 161 Å². The van der Waals surface area contributed by atoms with Gasteiger partial charge in [0.1, 0.15) is 108 Å². The maximum Gasteiger partial charge on any atom is 0.326 e. The quantitative estimate of drug-likeness (QED) is 0.0269. The normalized spacial score (nSPS) is 18.4. The average Bonchev–Trinajstić information content (AvgIpc) is 1.69. The number of nitrogens with zero attached hydrogens (tertiary/aromatic N) is 4. The van der Waals surface area contributed by atoms with Crippen LogP contribution in [0.1, 0.15) is 180 Å². The lowest BCUT2D eigenvalue weighted by atomic mass is 10.0. The first-order valence-corrected chi connectivity index (χ1v) is 48.7. The number of carbonyl (C=O) groups excluding carboxylic acids is 20. The van der Waals surface area contributed by atoms with Gasteiger partial charge in [0, 0.05) is 45.4 Å². The molecule has 0 aliphatic carbocycles. The number of phenols is 1. The minimum absolute atomic E-state index is 0.00966. The van der Waals surface area contributed by atoms with Gasteiger partial charge in [-0.15, -0.1) is 0 Å². The largest absolute Gasteiger partial charge is 0.508 e. The van der Waals surface area contributed by atoms with Crippen LogP contribution in [0.25, 0.3) is 0 Å². The molecule has 0 aromatic heterocycles. The van der Waals surface area contributed by atoms with Gasteiger partial charge >= 0.3 is 29.8 Å². The summed E-state index contributed by atoms with van der Waals surface area (Å²) in [5.41, 5.74) is 29.1. The molecule has 20 amide bonds. The van der Waals surface area contributed by atoms with Crippen LogP contribution < -0.4 is 103 Å². The fourth-order valence-electron chi connectivity index (χ4n) is 16.4. The molecule has 0 radical (unpaired) electrons. The van der Waals surface area contributed by atoms with Gasteiger partial charge in [0.15, 0.2) is 0 Å². The van der Waals surface area contributed by atoms with Crippen molar-refractivity contribution in [2.24, 2.45) is 28.7 Å². The Balaban J connectivity index is 1.21. The fraction of sp³-hybridized carbons (Fsp3) is 0.648. The van der Waals surface area contributed by atoms with Crippen molar-refractivity contribution in [3.63, 3.8) is 0 Å². The number of unbranched alkanes of at least 4 members (excludes halogenated alkanes) is 2. The molecular formula is C88H135N23O33S. The number of carbonyl (C=O) groups is 25. The number of amides is 20. The van der Waals surface area contributed by atoms with Gasteiger partial charge in [-0.2, -0.15) is 11.8 Å². The second kappa shape index (κ2) is 60.5. The van der Waals surface area contributed by atoms with Crippen molar-refractivity contribution in [1.29, 1.82) is 0 Å². The number of nitrogens with one attached hydrogen (secondary N) is 14. The van der Waals surface area contributed by atoms with Crippen LogP contribution in [0.4, 0.5) is 0 Å². The van der Waals surface area contributed by atoms with E-state index in [0.29, 0.717) is 31.2 Å². The molecule has 1 aromatic carbocycles. The van der Waals surface area contributed by atoms with Crippen LogP contribution in [0.2, 0.25) is 0 Å². The molecule has 0 unspecified atom stereocenters. The Labute approximate surface area is 835 Å². The summed E-state index contributed by atoms with van der Waals surface area (Å²) < 4.78 is 0. The number of aliphatic hydroxyl groups excluding tert-OH is 2.